The summed E-state index contributed by atoms with van der Waals surface area (Å²) < 4.78 is 12.0. The molecule has 0 fully saturated rings. The Morgan fingerprint density at radius 1 is 1.21 bits per heavy atom. The molecule has 1 heterocycles. The van der Waals surface area contributed by atoms with Gasteiger partial charge in [0.05, 0.1) is 31.8 Å². The first-order valence-electron chi connectivity index (χ1n) is 8.57. The Balaban J connectivity index is 1.79. The van der Waals surface area contributed by atoms with Gasteiger partial charge in [0.1, 0.15) is 10.7 Å². The van der Waals surface area contributed by atoms with Gasteiger partial charge in [-0.2, -0.15) is 14.9 Å². The molecule has 0 amide bonds. The Kier molecular flexibility index (Phi) is 6.29. The lowest BCUT2D eigenvalue weighted by molar-refractivity contribution is 0.311. The fraction of sp³-hybridized carbons (Fsp3) is 0.150. The Labute approximate surface area is 167 Å². The highest BCUT2D eigenvalue weighted by atomic mass is 35.5. The lowest BCUT2D eigenvalue weighted by Gasteiger charge is -2.09. The molecule has 3 aromatic rings. The molecular formula is C20H19ClN4O3. The highest BCUT2D eigenvalue weighted by molar-refractivity contribution is 6.32. The molecule has 8 heteroatoms. The summed E-state index contributed by atoms with van der Waals surface area (Å²) in [4.78, 5) is 12.5. The van der Waals surface area contributed by atoms with E-state index in [9.17, 15) is 4.79 Å². The summed E-state index contributed by atoms with van der Waals surface area (Å²) in [5.74, 6) is 1.27. The van der Waals surface area contributed by atoms with Crippen LogP contribution in [0.15, 0.2) is 64.6 Å². The second kappa shape index (κ2) is 9.05. The maximum absolute atomic E-state index is 12.5. The Morgan fingerprint density at radius 2 is 2.00 bits per heavy atom. The van der Waals surface area contributed by atoms with Gasteiger partial charge in [-0.15, -0.1) is 0 Å². The highest BCUT2D eigenvalue weighted by Gasteiger charge is 2.10. The zero-order chi connectivity index (χ0) is 19.9. The zero-order valence-electron chi connectivity index (χ0n) is 15.4. The van der Waals surface area contributed by atoms with Crippen molar-refractivity contribution in [2.24, 2.45) is 5.10 Å². The largest absolute Gasteiger partial charge is 0.493 e. The van der Waals surface area contributed by atoms with Crippen LogP contribution in [0.3, 0.4) is 0 Å². The lowest BCUT2D eigenvalue weighted by Crippen LogP contribution is -2.22. The molecule has 1 N–H and O–H groups in total. The van der Waals surface area contributed by atoms with E-state index >= 15 is 0 Å². The van der Waals surface area contributed by atoms with E-state index < -0.39 is 5.56 Å². The fourth-order valence-electron chi connectivity index (χ4n) is 2.48. The third-order valence-corrected chi connectivity index (χ3v) is 4.17. The van der Waals surface area contributed by atoms with Gasteiger partial charge in [0.2, 0.25) is 0 Å². The molecule has 0 saturated carbocycles. The number of benzene rings is 2. The van der Waals surface area contributed by atoms with Crippen molar-refractivity contribution in [2.75, 3.05) is 19.1 Å². The van der Waals surface area contributed by atoms with Crippen molar-refractivity contribution in [2.45, 2.75) is 6.92 Å². The van der Waals surface area contributed by atoms with E-state index in [2.05, 4.69) is 15.6 Å². The molecule has 0 atom stereocenters. The van der Waals surface area contributed by atoms with E-state index in [0.29, 0.717) is 29.5 Å². The third-order valence-electron chi connectivity index (χ3n) is 3.81. The molecular weight excluding hydrogens is 380 g/mol. The molecule has 0 radical (unpaired) electrons. The summed E-state index contributed by atoms with van der Waals surface area (Å²) in [6, 6.07) is 14.5. The first-order chi connectivity index (χ1) is 13.6. The van der Waals surface area contributed by atoms with Gasteiger partial charge in [-0.05, 0) is 42.8 Å². The standard InChI is InChI=1S/C20H19ClN4O3/c1-3-28-18-11-14(9-10-17(18)27-2)12-22-24-16-13-23-25(20(26)19(16)21)15-7-5-4-6-8-15/h4-13,24H,3H2,1-2H3/b22-12-. The van der Waals surface area contributed by atoms with Crippen molar-refractivity contribution in [1.82, 2.24) is 9.78 Å². The van der Waals surface area contributed by atoms with Crippen LogP contribution in [-0.2, 0) is 0 Å². The van der Waals surface area contributed by atoms with E-state index in [0.717, 1.165) is 5.56 Å². The van der Waals surface area contributed by atoms with Gasteiger partial charge in [-0.25, -0.2) is 0 Å². The predicted molar refractivity (Wildman–Crippen MR) is 110 cm³/mol. The van der Waals surface area contributed by atoms with Crippen LogP contribution in [-0.4, -0.2) is 29.7 Å². The Hall–Kier alpha value is -3.32. The van der Waals surface area contributed by atoms with Crippen molar-refractivity contribution in [3.63, 3.8) is 0 Å². The van der Waals surface area contributed by atoms with Crippen molar-refractivity contribution in [3.8, 4) is 17.2 Å². The van der Waals surface area contributed by atoms with E-state index in [1.165, 1.54) is 10.9 Å². The van der Waals surface area contributed by atoms with Gasteiger partial charge in [-0.1, -0.05) is 29.8 Å². The zero-order valence-corrected chi connectivity index (χ0v) is 16.2. The van der Waals surface area contributed by atoms with Crippen LogP contribution >= 0.6 is 11.6 Å². The molecule has 0 aliphatic carbocycles. The molecule has 0 spiro atoms. The monoisotopic (exact) mass is 398 g/mol. The molecule has 0 aliphatic rings. The fourth-order valence-corrected chi connectivity index (χ4v) is 2.65. The molecule has 1 aromatic heterocycles. The maximum atomic E-state index is 12.5. The number of anilines is 1. The average molecular weight is 399 g/mol. The predicted octanol–water partition coefficient (Wildman–Crippen LogP) is 3.74. The molecule has 7 nitrogen and oxygen atoms in total. The Morgan fingerprint density at radius 3 is 2.71 bits per heavy atom. The number of aromatic nitrogens is 2. The van der Waals surface area contributed by atoms with Gasteiger partial charge in [0, 0.05) is 0 Å². The first kappa shape index (κ1) is 19.4. The summed E-state index contributed by atoms with van der Waals surface area (Å²) in [7, 11) is 1.58. The lowest BCUT2D eigenvalue weighted by atomic mass is 10.2. The summed E-state index contributed by atoms with van der Waals surface area (Å²) in [6.45, 7) is 2.42. The van der Waals surface area contributed by atoms with Crippen molar-refractivity contribution < 1.29 is 9.47 Å². The van der Waals surface area contributed by atoms with Crippen LogP contribution in [0.5, 0.6) is 11.5 Å². The number of ether oxygens (including phenoxy) is 2. The minimum Gasteiger partial charge on any atom is -0.493 e. The minimum absolute atomic E-state index is 0.000685. The van der Waals surface area contributed by atoms with E-state index in [1.54, 1.807) is 37.6 Å². The smallest absolute Gasteiger partial charge is 0.292 e. The topological polar surface area (TPSA) is 77.7 Å². The second-order valence-electron chi connectivity index (χ2n) is 5.64. The molecule has 144 valence electrons. The number of hydrazone groups is 1. The summed E-state index contributed by atoms with van der Waals surface area (Å²) >= 11 is 6.19. The molecule has 0 unspecified atom stereocenters. The molecule has 0 bridgehead atoms. The average Bonchev–Trinajstić information content (AvgIpc) is 2.72. The molecule has 2 aromatic carbocycles. The summed E-state index contributed by atoms with van der Waals surface area (Å²) in [5.41, 5.74) is 4.05. The maximum Gasteiger partial charge on any atom is 0.292 e. The number of nitrogens with one attached hydrogen (secondary N) is 1. The van der Waals surface area contributed by atoms with Crippen LogP contribution in [0.2, 0.25) is 5.02 Å². The number of hydrogen-bond donors (Lipinski definition) is 1. The van der Waals surface area contributed by atoms with Crippen LogP contribution in [0.25, 0.3) is 5.69 Å². The van der Waals surface area contributed by atoms with E-state index in [-0.39, 0.29) is 5.02 Å². The van der Waals surface area contributed by atoms with Crippen molar-refractivity contribution in [3.05, 3.63) is 75.7 Å². The van der Waals surface area contributed by atoms with Gasteiger partial charge in [-0.3, -0.25) is 10.2 Å². The highest BCUT2D eigenvalue weighted by Crippen LogP contribution is 2.27. The number of hydrogen-bond acceptors (Lipinski definition) is 6. The van der Waals surface area contributed by atoms with Crippen LogP contribution in [0.4, 0.5) is 5.69 Å². The number of rotatable bonds is 7. The van der Waals surface area contributed by atoms with Gasteiger partial charge in [0.25, 0.3) is 5.56 Å². The number of methoxy groups -OCH3 is 1. The normalized spacial score (nSPS) is 10.8. The number of halogens is 1. The molecule has 0 aliphatic heterocycles. The summed E-state index contributed by atoms with van der Waals surface area (Å²) in [5, 5.41) is 8.27. The molecule has 28 heavy (non-hydrogen) atoms. The number of para-hydroxylation sites is 1. The second-order valence-corrected chi connectivity index (χ2v) is 6.02. The summed E-state index contributed by atoms with van der Waals surface area (Å²) in [6.07, 6.45) is 3.04. The number of nitrogens with zero attached hydrogens (tertiary/aromatic N) is 3. The van der Waals surface area contributed by atoms with Gasteiger partial charge >= 0.3 is 0 Å². The Bertz CT molecular complexity index is 1040. The SMILES string of the molecule is CCOc1cc(/C=N\Nc2cnn(-c3ccccc3)c(=O)c2Cl)ccc1OC. The first-order valence-corrected chi connectivity index (χ1v) is 8.95. The van der Waals surface area contributed by atoms with E-state index in [1.807, 2.05) is 31.2 Å². The van der Waals surface area contributed by atoms with Crippen molar-refractivity contribution in [1.29, 1.82) is 0 Å². The van der Waals surface area contributed by atoms with Gasteiger partial charge in [0.15, 0.2) is 11.5 Å². The molecule has 0 saturated heterocycles. The van der Waals surface area contributed by atoms with Crippen molar-refractivity contribution >= 4 is 23.5 Å². The third kappa shape index (κ3) is 4.32. The minimum atomic E-state index is -0.434. The van der Waals surface area contributed by atoms with Gasteiger partial charge < -0.3 is 9.47 Å². The van der Waals surface area contributed by atoms with Crippen LogP contribution < -0.4 is 20.5 Å². The van der Waals surface area contributed by atoms with Crippen LogP contribution in [0.1, 0.15) is 12.5 Å². The van der Waals surface area contributed by atoms with E-state index in [4.69, 9.17) is 21.1 Å². The molecule has 3 rings (SSSR count). The quantitative estimate of drug-likeness (QED) is 0.484. The van der Waals surface area contributed by atoms with Crippen LogP contribution in [0, 0.1) is 0 Å².